The third kappa shape index (κ3) is 4.06. The van der Waals surface area contributed by atoms with E-state index < -0.39 is 39.3 Å². The number of benzene rings is 2. The Labute approximate surface area is 140 Å². The third-order valence-corrected chi connectivity index (χ3v) is 3.42. The molecule has 0 aliphatic rings. The van der Waals surface area contributed by atoms with E-state index in [1.165, 1.54) is 12.1 Å². The largest absolute Gasteiger partial charge is 0.480 e. The van der Waals surface area contributed by atoms with E-state index >= 15 is 0 Å². The zero-order valence-corrected chi connectivity index (χ0v) is 12.6. The summed E-state index contributed by atoms with van der Waals surface area (Å²) in [7, 11) is 0. The van der Waals surface area contributed by atoms with E-state index in [4.69, 9.17) is 0 Å². The van der Waals surface area contributed by atoms with Crippen LogP contribution in [0.5, 0.6) is 0 Å². The Morgan fingerprint density at radius 1 is 1.04 bits per heavy atom. The molecule has 0 spiro atoms. The van der Waals surface area contributed by atoms with Gasteiger partial charge in [0, 0.05) is 6.07 Å². The molecule has 0 radical (unpaired) electrons. The van der Waals surface area contributed by atoms with E-state index in [-0.39, 0.29) is 5.69 Å². The summed E-state index contributed by atoms with van der Waals surface area (Å²) < 4.78 is 0. The molecular weight excluding hydrogens is 334 g/mol. The number of nitrogens with one attached hydrogen (secondary N) is 1. The van der Waals surface area contributed by atoms with Crippen LogP contribution < -0.4 is 5.32 Å². The summed E-state index contributed by atoms with van der Waals surface area (Å²) in [5, 5.41) is 43.8. The Morgan fingerprint density at radius 2 is 1.68 bits per heavy atom. The van der Waals surface area contributed by atoms with Gasteiger partial charge in [0.2, 0.25) is 0 Å². The summed E-state index contributed by atoms with van der Waals surface area (Å²) >= 11 is 0. The zero-order chi connectivity index (χ0) is 18.6. The lowest BCUT2D eigenvalue weighted by molar-refractivity contribution is -0.393. The number of non-ortho nitro benzene ring substituents is 1. The van der Waals surface area contributed by atoms with Crippen molar-refractivity contribution in [1.82, 2.24) is 0 Å². The van der Waals surface area contributed by atoms with Crippen LogP contribution in [0.3, 0.4) is 0 Å². The summed E-state index contributed by atoms with van der Waals surface area (Å²) in [6.07, 6.45) is -1.49. The van der Waals surface area contributed by atoms with Crippen LogP contribution in [0.4, 0.5) is 17.1 Å². The number of nitro benzene ring substituents is 2. The minimum atomic E-state index is -1.59. The van der Waals surface area contributed by atoms with Crippen molar-refractivity contribution in [3.8, 4) is 0 Å². The highest BCUT2D eigenvalue weighted by Crippen LogP contribution is 2.31. The molecule has 2 aromatic carbocycles. The predicted octanol–water partition coefficient (Wildman–Crippen LogP) is 2.10. The number of anilines is 1. The minimum Gasteiger partial charge on any atom is -0.480 e. The quantitative estimate of drug-likeness (QED) is 0.508. The summed E-state index contributed by atoms with van der Waals surface area (Å²) in [6, 6.07) is 9.06. The Kier molecular flexibility index (Phi) is 5.25. The van der Waals surface area contributed by atoms with Crippen LogP contribution in [0.2, 0.25) is 0 Å². The molecule has 0 unspecified atom stereocenters. The molecule has 130 valence electrons. The van der Waals surface area contributed by atoms with Crippen LogP contribution >= 0.6 is 0 Å². The van der Waals surface area contributed by atoms with Gasteiger partial charge in [0.25, 0.3) is 11.4 Å². The maximum Gasteiger partial charge on any atom is 0.329 e. The van der Waals surface area contributed by atoms with E-state index in [9.17, 15) is 35.2 Å². The van der Waals surface area contributed by atoms with Crippen molar-refractivity contribution in [2.45, 2.75) is 12.1 Å². The lowest BCUT2D eigenvalue weighted by Gasteiger charge is -2.21. The van der Waals surface area contributed by atoms with Crippen LogP contribution in [-0.2, 0) is 4.79 Å². The molecule has 2 aromatic rings. The molecule has 0 saturated carbocycles. The molecule has 3 N–H and O–H groups in total. The first-order valence-electron chi connectivity index (χ1n) is 6.96. The van der Waals surface area contributed by atoms with Crippen LogP contribution in [0.25, 0.3) is 0 Å². The van der Waals surface area contributed by atoms with Gasteiger partial charge in [-0.15, -0.1) is 0 Å². The molecule has 0 saturated heterocycles. The number of hydrogen-bond acceptors (Lipinski definition) is 7. The highest BCUT2D eigenvalue weighted by atomic mass is 16.6. The molecule has 0 fully saturated rings. The molecule has 25 heavy (non-hydrogen) atoms. The van der Waals surface area contributed by atoms with Crippen molar-refractivity contribution >= 4 is 23.0 Å². The monoisotopic (exact) mass is 347 g/mol. The summed E-state index contributed by atoms with van der Waals surface area (Å²) in [5.74, 6) is -1.44. The van der Waals surface area contributed by atoms with Crippen LogP contribution in [0, 0.1) is 20.2 Å². The van der Waals surface area contributed by atoms with E-state index in [2.05, 4.69) is 5.32 Å². The topological polar surface area (TPSA) is 156 Å². The fourth-order valence-electron chi connectivity index (χ4n) is 2.19. The Balaban J connectivity index is 2.38. The number of carboxylic acids is 1. The second-order valence-electron chi connectivity index (χ2n) is 5.03. The molecule has 0 amide bonds. The molecular formula is C15H13N3O7. The van der Waals surface area contributed by atoms with Crippen molar-refractivity contribution in [1.29, 1.82) is 0 Å². The second kappa shape index (κ2) is 7.36. The number of nitrogens with zero attached hydrogens (tertiary/aromatic N) is 2. The number of aliphatic carboxylic acids is 1. The lowest BCUT2D eigenvalue weighted by Crippen LogP contribution is -2.35. The third-order valence-electron chi connectivity index (χ3n) is 3.42. The number of carbonyl (C=O) groups is 1. The van der Waals surface area contributed by atoms with Gasteiger partial charge in [0.05, 0.1) is 15.9 Å². The van der Waals surface area contributed by atoms with E-state index in [0.29, 0.717) is 5.56 Å². The molecule has 0 aliphatic carbocycles. The molecule has 10 nitrogen and oxygen atoms in total. The summed E-state index contributed by atoms with van der Waals surface area (Å²) in [4.78, 5) is 31.7. The first kappa shape index (κ1) is 17.8. The van der Waals surface area contributed by atoms with E-state index in [1.807, 2.05) is 0 Å². The first-order chi connectivity index (χ1) is 11.8. The van der Waals surface area contributed by atoms with Crippen LogP contribution in [0.1, 0.15) is 11.7 Å². The molecule has 0 bridgehead atoms. The summed E-state index contributed by atoms with van der Waals surface area (Å²) in [5.41, 5.74) is -1.13. The van der Waals surface area contributed by atoms with Crippen LogP contribution in [-0.4, -0.2) is 32.1 Å². The average Bonchev–Trinajstić information content (AvgIpc) is 2.59. The van der Waals surface area contributed by atoms with Gasteiger partial charge >= 0.3 is 5.97 Å². The number of nitro groups is 2. The predicted molar refractivity (Wildman–Crippen MR) is 86.2 cm³/mol. The van der Waals surface area contributed by atoms with E-state index in [1.54, 1.807) is 18.2 Å². The maximum atomic E-state index is 11.5. The average molecular weight is 347 g/mol. The normalized spacial score (nSPS) is 12.8. The van der Waals surface area contributed by atoms with Gasteiger partial charge in [-0.05, 0) is 11.6 Å². The highest BCUT2D eigenvalue weighted by molar-refractivity contribution is 5.80. The fraction of sp³-hybridized carbons (Fsp3) is 0.133. The SMILES string of the molecule is O=C(O)[C@H](Nc1ccc([N+](=O)[O-])cc1[N+](=O)[O-])[C@@H](O)c1ccccc1. The molecule has 0 aliphatic heterocycles. The van der Waals surface area contributed by atoms with Crippen molar-refractivity contribution < 1.29 is 24.9 Å². The summed E-state index contributed by atoms with van der Waals surface area (Å²) in [6.45, 7) is 0. The van der Waals surface area contributed by atoms with Crippen molar-refractivity contribution in [2.75, 3.05) is 5.32 Å². The van der Waals surface area contributed by atoms with Gasteiger partial charge in [0.1, 0.15) is 11.8 Å². The second-order valence-corrected chi connectivity index (χ2v) is 5.03. The highest BCUT2D eigenvalue weighted by Gasteiger charge is 2.30. The van der Waals surface area contributed by atoms with Crippen molar-refractivity contribution in [2.24, 2.45) is 0 Å². The number of hydrogen-bond donors (Lipinski definition) is 3. The number of aliphatic hydroxyl groups excluding tert-OH is 1. The fourth-order valence-corrected chi connectivity index (χ4v) is 2.19. The Bertz CT molecular complexity index is 810. The number of aliphatic hydroxyl groups is 1. The first-order valence-corrected chi connectivity index (χ1v) is 6.96. The Hall–Kier alpha value is -3.53. The van der Waals surface area contributed by atoms with Crippen molar-refractivity contribution in [3.63, 3.8) is 0 Å². The number of carboxylic acid groups (broad SMARTS) is 1. The smallest absolute Gasteiger partial charge is 0.329 e. The number of rotatable bonds is 7. The van der Waals surface area contributed by atoms with Gasteiger partial charge in [-0.25, -0.2) is 4.79 Å². The minimum absolute atomic E-state index is 0.252. The van der Waals surface area contributed by atoms with Crippen molar-refractivity contribution in [3.05, 3.63) is 74.3 Å². The van der Waals surface area contributed by atoms with Gasteiger partial charge in [-0.1, -0.05) is 30.3 Å². The van der Waals surface area contributed by atoms with E-state index in [0.717, 1.165) is 18.2 Å². The van der Waals surface area contributed by atoms with Gasteiger partial charge in [-0.3, -0.25) is 20.2 Å². The lowest BCUT2D eigenvalue weighted by atomic mass is 10.0. The van der Waals surface area contributed by atoms with Gasteiger partial charge < -0.3 is 15.5 Å². The van der Waals surface area contributed by atoms with Gasteiger partial charge in [0.15, 0.2) is 6.04 Å². The standard InChI is InChI=1S/C15H13N3O7/c19-14(9-4-2-1-3-5-9)13(15(20)21)16-11-7-6-10(17(22)23)8-12(11)18(24)25/h1-8,13-14,16,19H,(H,20,21)/t13-,14+/m1/s1. The van der Waals surface area contributed by atoms with Crippen LogP contribution in [0.15, 0.2) is 48.5 Å². The maximum absolute atomic E-state index is 11.5. The molecule has 0 aromatic heterocycles. The Morgan fingerprint density at radius 3 is 2.20 bits per heavy atom. The zero-order valence-electron chi connectivity index (χ0n) is 12.6. The van der Waals surface area contributed by atoms with Gasteiger partial charge in [-0.2, -0.15) is 0 Å². The molecule has 2 rings (SSSR count). The molecule has 2 atom stereocenters. The molecule has 10 heteroatoms. The molecule has 0 heterocycles.